The summed E-state index contributed by atoms with van der Waals surface area (Å²) in [7, 11) is -1.88. The van der Waals surface area contributed by atoms with Crippen molar-refractivity contribution in [2.45, 2.75) is 62.6 Å². The Hall–Kier alpha value is -1.48. The van der Waals surface area contributed by atoms with Gasteiger partial charge in [0.05, 0.1) is 25.0 Å². The molecular formula is C22H34N2O5S. The van der Waals surface area contributed by atoms with Crippen LogP contribution in [0.3, 0.4) is 0 Å². The van der Waals surface area contributed by atoms with Crippen LogP contribution in [0.5, 0.6) is 0 Å². The first-order valence-electron chi connectivity index (χ1n) is 10.8. The lowest BCUT2D eigenvalue weighted by atomic mass is 9.83. The van der Waals surface area contributed by atoms with Crippen LogP contribution in [0.25, 0.3) is 0 Å². The Labute approximate surface area is 180 Å². The van der Waals surface area contributed by atoms with Gasteiger partial charge in [-0.15, -0.1) is 0 Å². The fourth-order valence-corrected chi connectivity index (χ4v) is 5.54. The smallest absolute Gasteiger partial charge is 0.248 e. The summed E-state index contributed by atoms with van der Waals surface area (Å²) in [5.41, 5.74) is 1.39. The molecule has 1 aromatic carbocycles. The van der Waals surface area contributed by atoms with Crippen molar-refractivity contribution in [3.63, 3.8) is 0 Å². The number of hydrogen-bond donors (Lipinski definition) is 1. The molecule has 3 rings (SSSR count). The van der Waals surface area contributed by atoms with Crippen LogP contribution >= 0.6 is 0 Å². The summed E-state index contributed by atoms with van der Waals surface area (Å²) in [4.78, 5) is 14.3. The highest BCUT2D eigenvalue weighted by Gasteiger charge is 2.36. The highest BCUT2D eigenvalue weighted by Crippen LogP contribution is 2.34. The van der Waals surface area contributed by atoms with Gasteiger partial charge in [-0.05, 0) is 50.0 Å². The maximum atomic E-state index is 12.5. The molecule has 30 heavy (non-hydrogen) atoms. The standard InChI is InChI=1S/C22H34N2O5S/c1-28-16-22(25)24-14-6-9-20(23-30(2,26)27)21(24)15-29-19-12-10-18(11-13-19)17-7-4-3-5-8-17/h3-5,7-8,18-21,23H,6,9-16H2,1-2H3/t18?,19?,20-,21-/m0/s1. The van der Waals surface area contributed by atoms with Crippen LogP contribution in [0.15, 0.2) is 30.3 Å². The van der Waals surface area contributed by atoms with E-state index in [1.807, 2.05) is 6.07 Å². The van der Waals surface area contributed by atoms with Crippen LogP contribution in [0.1, 0.15) is 50.0 Å². The van der Waals surface area contributed by atoms with Gasteiger partial charge in [-0.1, -0.05) is 30.3 Å². The minimum atomic E-state index is -3.37. The van der Waals surface area contributed by atoms with E-state index in [9.17, 15) is 13.2 Å². The molecule has 0 bridgehead atoms. The molecule has 1 aromatic rings. The molecule has 0 spiro atoms. The second-order valence-corrected chi connectivity index (χ2v) is 10.2. The number of sulfonamides is 1. The number of nitrogens with one attached hydrogen (secondary N) is 1. The van der Waals surface area contributed by atoms with Gasteiger partial charge in [-0.3, -0.25) is 4.79 Å². The molecule has 168 valence electrons. The number of ether oxygens (including phenoxy) is 2. The number of nitrogens with zero attached hydrogens (tertiary/aromatic N) is 1. The third-order valence-corrected chi connectivity index (χ3v) is 6.91. The lowest BCUT2D eigenvalue weighted by Crippen LogP contribution is -2.59. The lowest BCUT2D eigenvalue weighted by molar-refractivity contribution is -0.142. The zero-order valence-electron chi connectivity index (χ0n) is 18.0. The van der Waals surface area contributed by atoms with Crippen molar-refractivity contribution in [1.29, 1.82) is 0 Å². The Balaban J connectivity index is 1.59. The van der Waals surface area contributed by atoms with Crippen molar-refractivity contribution < 1.29 is 22.7 Å². The van der Waals surface area contributed by atoms with Crippen LogP contribution in [0.4, 0.5) is 0 Å². The summed E-state index contributed by atoms with van der Waals surface area (Å²) < 4.78 is 37.7. The molecule has 0 radical (unpaired) electrons. The van der Waals surface area contributed by atoms with E-state index in [1.54, 1.807) is 4.90 Å². The Bertz CT molecular complexity index is 778. The third-order valence-electron chi connectivity index (χ3n) is 6.18. The van der Waals surface area contributed by atoms with E-state index in [4.69, 9.17) is 9.47 Å². The Morgan fingerprint density at radius 3 is 2.47 bits per heavy atom. The van der Waals surface area contributed by atoms with Crippen molar-refractivity contribution in [2.75, 3.05) is 33.1 Å². The highest BCUT2D eigenvalue weighted by atomic mass is 32.2. The first kappa shape index (κ1) is 23.2. The molecule has 1 aliphatic heterocycles. The van der Waals surface area contributed by atoms with Crippen molar-refractivity contribution in [3.8, 4) is 0 Å². The van der Waals surface area contributed by atoms with Crippen LogP contribution in [-0.4, -0.2) is 70.5 Å². The molecule has 0 aromatic heterocycles. The van der Waals surface area contributed by atoms with E-state index in [0.717, 1.165) is 38.4 Å². The van der Waals surface area contributed by atoms with Gasteiger partial charge in [0, 0.05) is 19.7 Å². The van der Waals surface area contributed by atoms with Crippen LogP contribution in [0, 0.1) is 0 Å². The number of carbonyl (C=O) groups excluding carboxylic acids is 1. The zero-order valence-corrected chi connectivity index (χ0v) is 18.8. The summed E-state index contributed by atoms with van der Waals surface area (Å²) in [5.74, 6) is 0.444. The van der Waals surface area contributed by atoms with Crippen molar-refractivity contribution in [1.82, 2.24) is 9.62 Å². The average Bonchev–Trinajstić information content (AvgIpc) is 2.73. The summed E-state index contributed by atoms with van der Waals surface area (Å²) in [6, 6.07) is 9.94. The van der Waals surface area contributed by atoms with E-state index in [0.29, 0.717) is 25.5 Å². The number of hydrogen-bond acceptors (Lipinski definition) is 5. The molecule has 1 saturated heterocycles. The molecule has 1 saturated carbocycles. The molecule has 1 heterocycles. The van der Waals surface area contributed by atoms with Crippen molar-refractivity contribution in [2.24, 2.45) is 0 Å². The minimum absolute atomic E-state index is 0.00964. The van der Waals surface area contributed by atoms with Crippen molar-refractivity contribution in [3.05, 3.63) is 35.9 Å². The largest absolute Gasteiger partial charge is 0.376 e. The Kier molecular flexibility index (Phi) is 8.27. The summed E-state index contributed by atoms with van der Waals surface area (Å²) in [6.07, 6.45) is 6.86. The number of benzene rings is 1. The second kappa shape index (κ2) is 10.7. The monoisotopic (exact) mass is 438 g/mol. The molecule has 2 atom stereocenters. The molecule has 0 unspecified atom stereocenters. The number of rotatable bonds is 8. The Morgan fingerprint density at radius 2 is 1.83 bits per heavy atom. The van der Waals surface area contributed by atoms with Gasteiger partial charge in [0.25, 0.3) is 0 Å². The fourth-order valence-electron chi connectivity index (χ4n) is 4.71. The van der Waals surface area contributed by atoms with E-state index >= 15 is 0 Å². The van der Waals surface area contributed by atoms with E-state index in [-0.39, 0.29) is 30.7 Å². The van der Waals surface area contributed by atoms with Gasteiger partial charge in [-0.2, -0.15) is 0 Å². The summed E-state index contributed by atoms with van der Waals surface area (Å²) >= 11 is 0. The normalized spacial score (nSPS) is 27.7. The van der Waals surface area contributed by atoms with E-state index < -0.39 is 10.0 Å². The van der Waals surface area contributed by atoms with E-state index in [2.05, 4.69) is 29.0 Å². The molecular weight excluding hydrogens is 404 g/mol. The molecule has 7 nitrogen and oxygen atoms in total. The number of likely N-dealkylation sites (tertiary alicyclic amines) is 1. The maximum Gasteiger partial charge on any atom is 0.248 e. The predicted octanol–water partition coefficient (Wildman–Crippen LogP) is 2.28. The summed E-state index contributed by atoms with van der Waals surface area (Å²) in [5, 5.41) is 0. The second-order valence-electron chi connectivity index (χ2n) is 8.44. The number of carbonyl (C=O) groups is 1. The molecule has 2 aliphatic rings. The van der Waals surface area contributed by atoms with Gasteiger partial charge in [-0.25, -0.2) is 13.1 Å². The first-order valence-corrected chi connectivity index (χ1v) is 12.7. The number of methoxy groups -OCH3 is 1. The molecule has 1 N–H and O–H groups in total. The van der Waals surface area contributed by atoms with Crippen LogP contribution < -0.4 is 4.72 Å². The number of piperidine rings is 1. The SMILES string of the molecule is COCC(=O)N1CCC[C@H](NS(C)(=O)=O)[C@@H]1COC1CCC(c2ccccc2)CC1. The summed E-state index contributed by atoms with van der Waals surface area (Å²) in [6.45, 7) is 0.923. The average molecular weight is 439 g/mol. The molecule has 8 heteroatoms. The fraction of sp³-hybridized carbons (Fsp3) is 0.682. The first-order chi connectivity index (χ1) is 14.4. The van der Waals surface area contributed by atoms with Gasteiger partial charge < -0.3 is 14.4 Å². The lowest BCUT2D eigenvalue weighted by Gasteiger charge is -2.42. The topological polar surface area (TPSA) is 84.9 Å². The van der Waals surface area contributed by atoms with Crippen molar-refractivity contribution >= 4 is 15.9 Å². The van der Waals surface area contributed by atoms with Gasteiger partial charge in [0.15, 0.2) is 0 Å². The maximum absolute atomic E-state index is 12.5. The predicted molar refractivity (Wildman–Crippen MR) is 116 cm³/mol. The van der Waals surface area contributed by atoms with Gasteiger partial charge in [0.1, 0.15) is 6.61 Å². The van der Waals surface area contributed by atoms with Gasteiger partial charge >= 0.3 is 0 Å². The minimum Gasteiger partial charge on any atom is -0.376 e. The number of amides is 1. The van der Waals surface area contributed by atoms with Crippen LogP contribution in [-0.2, 0) is 24.3 Å². The molecule has 1 amide bonds. The third kappa shape index (κ3) is 6.51. The molecule has 1 aliphatic carbocycles. The van der Waals surface area contributed by atoms with Gasteiger partial charge in [0.2, 0.25) is 15.9 Å². The zero-order chi connectivity index (χ0) is 21.6. The molecule has 2 fully saturated rings. The van der Waals surface area contributed by atoms with E-state index in [1.165, 1.54) is 12.7 Å². The Morgan fingerprint density at radius 1 is 1.13 bits per heavy atom. The van der Waals surface area contributed by atoms with Crippen LogP contribution in [0.2, 0.25) is 0 Å². The quantitative estimate of drug-likeness (QED) is 0.673. The highest BCUT2D eigenvalue weighted by molar-refractivity contribution is 7.88.